The molecule has 2 aliphatic heterocycles. The molecule has 0 radical (unpaired) electrons. The van der Waals surface area contributed by atoms with Crippen LogP contribution in [0, 0.1) is 13.8 Å². The lowest BCUT2D eigenvalue weighted by Gasteiger charge is -2.14. The molecule has 0 amide bonds. The van der Waals surface area contributed by atoms with Crippen LogP contribution in [0.25, 0.3) is 11.1 Å². The summed E-state index contributed by atoms with van der Waals surface area (Å²) in [7, 11) is 1.68. The predicted molar refractivity (Wildman–Crippen MR) is 153 cm³/mol. The highest BCUT2D eigenvalue weighted by Gasteiger charge is 2.26. The SMILES string of the molecule is COc1cc(C)c(-c2cccc(COc3ccc4c(c3)OCC4CC(=O)O)c2)c(C)c1.CSN1CCCC1. The maximum atomic E-state index is 11.0. The molecule has 1 unspecified atom stereocenters. The van der Waals surface area contributed by atoms with E-state index >= 15 is 0 Å². The highest BCUT2D eigenvalue weighted by molar-refractivity contribution is 7.96. The van der Waals surface area contributed by atoms with Crippen LogP contribution in [0.5, 0.6) is 17.2 Å². The third-order valence-electron chi connectivity index (χ3n) is 6.97. The number of carbonyl (C=O) groups is 1. The number of fused-ring (bicyclic) bond motifs is 1. The van der Waals surface area contributed by atoms with E-state index in [9.17, 15) is 4.79 Å². The zero-order chi connectivity index (χ0) is 27.1. The second-order valence-corrected chi connectivity index (χ2v) is 10.6. The molecule has 1 atom stereocenters. The maximum Gasteiger partial charge on any atom is 0.304 e. The Kier molecular flexibility index (Phi) is 9.58. The number of benzene rings is 3. The van der Waals surface area contributed by atoms with Crippen LogP contribution >= 0.6 is 11.9 Å². The number of aliphatic carboxylic acids is 1. The van der Waals surface area contributed by atoms with Crippen molar-refractivity contribution in [2.45, 2.75) is 45.6 Å². The number of carboxylic acid groups (broad SMARTS) is 1. The van der Waals surface area contributed by atoms with Gasteiger partial charge in [0.05, 0.1) is 20.1 Å². The number of hydrogen-bond acceptors (Lipinski definition) is 6. The van der Waals surface area contributed by atoms with E-state index in [1.807, 2.05) is 54.4 Å². The fourth-order valence-corrected chi connectivity index (χ4v) is 5.70. The second-order valence-electron chi connectivity index (χ2n) is 9.75. The average Bonchev–Trinajstić information content (AvgIpc) is 3.57. The van der Waals surface area contributed by atoms with E-state index in [0.29, 0.717) is 24.7 Å². The van der Waals surface area contributed by atoms with Gasteiger partial charge in [-0.2, -0.15) is 0 Å². The minimum atomic E-state index is -0.816. The summed E-state index contributed by atoms with van der Waals surface area (Å²) in [4.78, 5) is 11.0. The van der Waals surface area contributed by atoms with Gasteiger partial charge in [0.1, 0.15) is 23.9 Å². The molecule has 0 spiro atoms. The summed E-state index contributed by atoms with van der Waals surface area (Å²) in [5.74, 6) is 1.36. The van der Waals surface area contributed by atoms with E-state index in [4.69, 9.17) is 19.3 Å². The van der Waals surface area contributed by atoms with Gasteiger partial charge in [0.15, 0.2) is 0 Å². The molecule has 3 aromatic rings. The molecule has 0 saturated carbocycles. The van der Waals surface area contributed by atoms with Gasteiger partial charge in [0.2, 0.25) is 0 Å². The topological polar surface area (TPSA) is 68.2 Å². The zero-order valence-corrected chi connectivity index (χ0v) is 23.5. The van der Waals surface area contributed by atoms with Crippen LogP contribution in [0.15, 0.2) is 54.6 Å². The first-order valence-electron chi connectivity index (χ1n) is 13.0. The molecule has 5 rings (SSSR count). The Morgan fingerprint density at radius 1 is 1.05 bits per heavy atom. The molecule has 2 heterocycles. The Balaban J connectivity index is 0.000000417. The third kappa shape index (κ3) is 7.03. The van der Waals surface area contributed by atoms with Gasteiger partial charge in [-0.25, -0.2) is 0 Å². The molecule has 38 heavy (non-hydrogen) atoms. The normalized spacial score (nSPS) is 16.3. The van der Waals surface area contributed by atoms with Gasteiger partial charge in [-0.15, -0.1) is 0 Å². The lowest BCUT2D eigenvalue weighted by atomic mass is 9.94. The third-order valence-corrected chi connectivity index (χ3v) is 7.85. The summed E-state index contributed by atoms with van der Waals surface area (Å²) < 4.78 is 19.5. The Morgan fingerprint density at radius 3 is 2.42 bits per heavy atom. The van der Waals surface area contributed by atoms with E-state index in [1.165, 1.54) is 42.6 Å². The molecule has 1 N–H and O–H groups in total. The van der Waals surface area contributed by atoms with Crippen LogP contribution in [0.1, 0.15) is 47.4 Å². The minimum Gasteiger partial charge on any atom is -0.497 e. The van der Waals surface area contributed by atoms with E-state index in [1.54, 1.807) is 7.11 Å². The quantitative estimate of drug-likeness (QED) is 0.316. The van der Waals surface area contributed by atoms with Gasteiger partial charge < -0.3 is 19.3 Å². The van der Waals surface area contributed by atoms with Gasteiger partial charge >= 0.3 is 5.97 Å². The number of nitrogens with zero attached hydrogens (tertiary/aromatic N) is 1. The summed E-state index contributed by atoms with van der Waals surface area (Å²) in [5.41, 5.74) is 6.69. The number of rotatable bonds is 8. The number of aryl methyl sites for hydroxylation is 2. The van der Waals surface area contributed by atoms with Crippen molar-refractivity contribution in [2.75, 3.05) is 33.1 Å². The molecule has 0 bridgehead atoms. The first-order chi connectivity index (χ1) is 18.4. The van der Waals surface area contributed by atoms with Crippen LogP contribution in [0.3, 0.4) is 0 Å². The molecule has 2 aliphatic rings. The Bertz CT molecular complexity index is 1230. The molecule has 7 heteroatoms. The summed E-state index contributed by atoms with van der Waals surface area (Å²) in [6.07, 6.45) is 5.02. The van der Waals surface area contributed by atoms with Crippen LogP contribution in [-0.4, -0.2) is 48.4 Å². The monoisotopic (exact) mass is 535 g/mol. The van der Waals surface area contributed by atoms with Gasteiger partial charge in [-0.05, 0) is 85.0 Å². The van der Waals surface area contributed by atoms with Crippen molar-refractivity contribution in [3.05, 3.63) is 76.9 Å². The van der Waals surface area contributed by atoms with Gasteiger partial charge in [0.25, 0.3) is 0 Å². The average molecular weight is 536 g/mol. The summed E-state index contributed by atoms with van der Waals surface area (Å²) in [6.45, 7) is 7.63. The van der Waals surface area contributed by atoms with Crippen LogP contribution in [0.4, 0.5) is 0 Å². The molecule has 0 aromatic heterocycles. The summed E-state index contributed by atoms with van der Waals surface area (Å²) >= 11 is 1.87. The molecule has 6 nitrogen and oxygen atoms in total. The standard InChI is InChI=1S/C26H26O5.C5H11NS/c1-16-9-22(29-3)10-17(2)26(16)19-6-4-5-18(11-19)14-30-21-7-8-23-20(12-25(27)28)15-31-24(23)13-21;1-7-6-4-2-3-5-6/h4-11,13,20H,12,14-15H2,1-3H3,(H,27,28);2-5H2,1H3. The second kappa shape index (κ2) is 13.1. The van der Waals surface area contributed by atoms with E-state index in [2.05, 4.69) is 36.5 Å². The van der Waals surface area contributed by atoms with Gasteiger partial charge in [-0.1, -0.05) is 36.2 Å². The maximum absolute atomic E-state index is 11.0. The van der Waals surface area contributed by atoms with E-state index in [-0.39, 0.29) is 12.3 Å². The van der Waals surface area contributed by atoms with Gasteiger partial charge in [-0.3, -0.25) is 9.10 Å². The van der Waals surface area contributed by atoms with Crippen LogP contribution in [-0.2, 0) is 11.4 Å². The molecule has 1 fully saturated rings. The van der Waals surface area contributed by atoms with E-state index < -0.39 is 5.97 Å². The summed E-state index contributed by atoms with van der Waals surface area (Å²) in [6, 6.07) is 18.1. The predicted octanol–water partition coefficient (Wildman–Crippen LogP) is 6.87. The Morgan fingerprint density at radius 2 is 1.79 bits per heavy atom. The molecule has 202 valence electrons. The highest BCUT2D eigenvalue weighted by Crippen LogP contribution is 2.38. The number of methoxy groups -OCH3 is 1. The number of ether oxygens (including phenoxy) is 3. The minimum absolute atomic E-state index is 0.0736. The first-order valence-corrected chi connectivity index (χ1v) is 14.2. The molecule has 3 aromatic carbocycles. The lowest BCUT2D eigenvalue weighted by molar-refractivity contribution is -0.137. The smallest absolute Gasteiger partial charge is 0.304 e. The van der Waals surface area contributed by atoms with Gasteiger partial charge in [0, 0.05) is 30.6 Å². The largest absolute Gasteiger partial charge is 0.497 e. The molecular formula is C31H37NO5S. The van der Waals surface area contributed by atoms with Crippen molar-refractivity contribution in [2.24, 2.45) is 0 Å². The van der Waals surface area contributed by atoms with Crippen LogP contribution < -0.4 is 14.2 Å². The van der Waals surface area contributed by atoms with Crippen molar-refractivity contribution in [1.29, 1.82) is 0 Å². The number of carboxylic acids is 1. The molecule has 1 saturated heterocycles. The highest BCUT2D eigenvalue weighted by atomic mass is 32.2. The zero-order valence-electron chi connectivity index (χ0n) is 22.7. The van der Waals surface area contributed by atoms with Crippen molar-refractivity contribution >= 4 is 17.9 Å². The number of hydrogen-bond donors (Lipinski definition) is 1. The van der Waals surface area contributed by atoms with Crippen molar-refractivity contribution < 1.29 is 24.1 Å². The summed E-state index contributed by atoms with van der Waals surface area (Å²) in [5, 5.41) is 9.04. The fourth-order valence-electron chi connectivity index (χ4n) is 5.08. The van der Waals surface area contributed by atoms with E-state index in [0.717, 1.165) is 22.4 Å². The molecular weight excluding hydrogens is 498 g/mol. The van der Waals surface area contributed by atoms with Crippen molar-refractivity contribution in [1.82, 2.24) is 4.31 Å². The lowest BCUT2D eigenvalue weighted by Crippen LogP contribution is -2.07. The van der Waals surface area contributed by atoms with Crippen LogP contribution in [0.2, 0.25) is 0 Å². The van der Waals surface area contributed by atoms with Crippen molar-refractivity contribution in [3.63, 3.8) is 0 Å². The van der Waals surface area contributed by atoms with Crippen molar-refractivity contribution in [3.8, 4) is 28.4 Å². The Labute approximate surface area is 230 Å². The molecule has 0 aliphatic carbocycles. The Hall–Kier alpha value is -3.16. The fraction of sp³-hybridized carbons (Fsp3) is 0.387. The first kappa shape index (κ1) is 27.9.